The Bertz CT molecular complexity index is 1070. The van der Waals surface area contributed by atoms with Crippen LogP contribution < -0.4 is 0 Å². The molecule has 3 heterocycles. The topological polar surface area (TPSA) is 38.1 Å². The lowest BCUT2D eigenvalue weighted by Crippen LogP contribution is -2.30. The molecule has 0 N–H and O–H groups in total. The van der Waals surface area contributed by atoms with Gasteiger partial charge in [-0.2, -0.15) is 0 Å². The Morgan fingerprint density at radius 3 is 2.92 bits per heavy atom. The summed E-state index contributed by atoms with van der Waals surface area (Å²) in [5, 5.41) is 0.691. The number of imidazole rings is 1. The number of carbonyl (C=O) groups excluding carboxylic acids is 1. The highest BCUT2D eigenvalue weighted by molar-refractivity contribution is 6.31. The molecule has 4 nitrogen and oxygen atoms in total. The van der Waals surface area contributed by atoms with E-state index in [9.17, 15) is 4.79 Å². The summed E-state index contributed by atoms with van der Waals surface area (Å²) >= 11 is 6.24. The van der Waals surface area contributed by atoms with Gasteiger partial charge in [-0.1, -0.05) is 36.4 Å². The second-order valence-corrected chi connectivity index (χ2v) is 7.11. The van der Waals surface area contributed by atoms with E-state index in [1.807, 2.05) is 54.4 Å². The Morgan fingerprint density at radius 1 is 1.28 bits per heavy atom. The fourth-order valence-electron chi connectivity index (χ4n) is 4.30. The van der Waals surface area contributed by atoms with Crippen LogP contribution >= 0.6 is 11.6 Å². The van der Waals surface area contributed by atoms with Gasteiger partial charge in [0.05, 0.1) is 23.1 Å². The first-order chi connectivity index (χ1) is 12.1. The zero-order valence-electron chi connectivity index (χ0n) is 13.7. The van der Waals surface area contributed by atoms with Crippen LogP contribution in [0.5, 0.6) is 0 Å². The Morgan fingerprint density at radius 2 is 2.12 bits per heavy atom. The first-order valence-corrected chi connectivity index (χ1v) is 8.68. The molecule has 2 aromatic carbocycles. The smallest absolute Gasteiger partial charge is 0.254 e. The predicted octanol–water partition coefficient (Wildman–Crippen LogP) is 4.45. The van der Waals surface area contributed by atoms with Crippen molar-refractivity contribution in [2.24, 2.45) is 0 Å². The SMILES string of the molecule is C=Cc1cccc2c1C1CC(c3nc4ccc(Cl)cc4n31)N(C)C2=O. The molecule has 0 aliphatic carbocycles. The van der Waals surface area contributed by atoms with Gasteiger partial charge in [-0.05, 0) is 35.4 Å². The largest absolute Gasteiger partial charge is 0.331 e. The summed E-state index contributed by atoms with van der Waals surface area (Å²) in [6.45, 7) is 3.95. The molecule has 2 aliphatic rings. The monoisotopic (exact) mass is 349 g/mol. The van der Waals surface area contributed by atoms with E-state index in [0.29, 0.717) is 5.02 Å². The molecule has 2 atom stereocenters. The van der Waals surface area contributed by atoms with E-state index in [4.69, 9.17) is 16.6 Å². The number of hydrogen-bond acceptors (Lipinski definition) is 2. The van der Waals surface area contributed by atoms with Gasteiger partial charge >= 0.3 is 0 Å². The van der Waals surface area contributed by atoms with Crippen LogP contribution in [0.3, 0.4) is 0 Å². The summed E-state index contributed by atoms with van der Waals surface area (Å²) in [7, 11) is 1.86. The van der Waals surface area contributed by atoms with E-state index in [1.54, 1.807) is 0 Å². The summed E-state index contributed by atoms with van der Waals surface area (Å²) in [4.78, 5) is 19.6. The number of amides is 1. The maximum absolute atomic E-state index is 13.0. The van der Waals surface area contributed by atoms with Gasteiger partial charge in [0, 0.05) is 24.1 Å². The highest BCUT2D eigenvalue weighted by Crippen LogP contribution is 2.48. The van der Waals surface area contributed by atoms with Crippen LogP contribution in [0.2, 0.25) is 5.02 Å². The van der Waals surface area contributed by atoms with Crippen molar-refractivity contribution >= 4 is 34.6 Å². The number of hydrogen-bond donors (Lipinski definition) is 0. The minimum absolute atomic E-state index is 0.0336. The molecule has 0 saturated heterocycles. The second-order valence-electron chi connectivity index (χ2n) is 6.67. The molecule has 2 bridgehead atoms. The zero-order chi connectivity index (χ0) is 17.3. The van der Waals surface area contributed by atoms with Crippen LogP contribution in [0.15, 0.2) is 43.0 Å². The molecular weight excluding hydrogens is 334 g/mol. The van der Waals surface area contributed by atoms with Gasteiger partial charge in [0.15, 0.2) is 0 Å². The van der Waals surface area contributed by atoms with E-state index in [-0.39, 0.29) is 18.0 Å². The molecule has 0 saturated carbocycles. The van der Waals surface area contributed by atoms with Crippen molar-refractivity contribution in [2.45, 2.75) is 18.5 Å². The van der Waals surface area contributed by atoms with E-state index >= 15 is 0 Å². The van der Waals surface area contributed by atoms with Crippen LogP contribution in [-0.2, 0) is 0 Å². The van der Waals surface area contributed by atoms with E-state index < -0.39 is 0 Å². The van der Waals surface area contributed by atoms with Gasteiger partial charge in [0.1, 0.15) is 5.82 Å². The van der Waals surface area contributed by atoms with Crippen molar-refractivity contribution in [3.63, 3.8) is 0 Å². The number of benzene rings is 2. The van der Waals surface area contributed by atoms with Crippen LogP contribution in [-0.4, -0.2) is 27.4 Å². The molecule has 1 aromatic heterocycles. The normalized spacial score (nSPS) is 21.2. The average Bonchev–Trinajstić information content (AvgIpc) is 3.13. The molecule has 0 fully saturated rings. The molecular formula is C20H16ClN3O. The van der Waals surface area contributed by atoms with Gasteiger partial charge < -0.3 is 9.47 Å². The number of aromatic nitrogens is 2. The van der Waals surface area contributed by atoms with Gasteiger partial charge in [-0.3, -0.25) is 4.79 Å². The quantitative estimate of drug-likeness (QED) is 0.651. The molecule has 2 aliphatic heterocycles. The highest BCUT2D eigenvalue weighted by atomic mass is 35.5. The number of carbonyl (C=O) groups is 1. The van der Waals surface area contributed by atoms with E-state index in [1.165, 1.54) is 0 Å². The minimum atomic E-state index is -0.0336. The Labute approximate surface area is 150 Å². The third-order valence-electron chi connectivity index (χ3n) is 5.45. The fraction of sp³-hybridized carbons (Fsp3) is 0.200. The molecule has 0 radical (unpaired) electrons. The van der Waals surface area contributed by atoms with Crippen molar-refractivity contribution in [1.29, 1.82) is 0 Å². The first kappa shape index (κ1) is 14.7. The van der Waals surface area contributed by atoms with Gasteiger partial charge in [0.2, 0.25) is 0 Å². The van der Waals surface area contributed by atoms with Gasteiger partial charge in [-0.15, -0.1) is 0 Å². The number of halogens is 1. The molecule has 2 unspecified atom stereocenters. The highest BCUT2D eigenvalue weighted by Gasteiger charge is 2.44. The lowest BCUT2D eigenvalue weighted by atomic mass is 9.93. The van der Waals surface area contributed by atoms with Crippen LogP contribution in [0, 0.1) is 0 Å². The minimum Gasteiger partial charge on any atom is -0.331 e. The molecule has 25 heavy (non-hydrogen) atoms. The van der Waals surface area contributed by atoms with Crippen molar-refractivity contribution in [3.8, 4) is 0 Å². The van der Waals surface area contributed by atoms with Crippen LogP contribution in [0.1, 0.15) is 45.8 Å². The third kappa shape index (κ3) is 1.83. The zero-order valence-corrected chi connectivity index (χ0v) is 14.5. The van der Waals surface area contributed by atoms with Crippen molar-refractivity contribution in [3.05, 3.63) is 70.5 Å². The van der Waals surface area contributed by atoms with E-state index in [0.717, 1.165) is 40.0 Å². The number of fused-ring (bicyclic) bond motifs is 9. The van der Waals surface area contributed by atoms with Crippen molar-refractivity contribution < 1.29 is 4.79 Å². The number of rotatable bonds is 1. The third-order valence-corrected chi connectivity index (χ3v) is 5.68. The fourth-order valence-corrected chi connectivity index (χ4v) is 4.47. The maximum atomic E-state index is 13.0. The average molecular weight is 350 g/mol. The predicted molar refractivity (Wildman–Crippen MR) is 98.9 cm³/mol. The maximum Gasteiger partial charge on any atom is 0.254 e. The molecule has 3 aromatic rings. The standard InChI is InChI=1S/C20H16ClN3O/c1-3-11-5-4-6-13-18(11)16-10-17(23(2)20(13)25)19-22-14-8-7-12(21)9-15(14)24(16)19/h3-9,16-17H,1,10H2,2H3. The lowest BCUT2D eigenvalue weighted by Gasteiger charge is -2.24. The number of nitrogens with zero attached hydrogens (tertiary/aromatic N) is 3. The molecule has 5 rings (SSSR count). The summed E-state index contributed by atoms with van der Waals surface area (Å²) < 4.78 is 2.25. The Balaban J connectivity index is 1.89. The summed E-state index contributed by atoms with van der Waals surface area (Å²) in [6, 6.07) is 11.6. The van der Waals surface area contributed by atoms with Crippen LogP contribution in [0.4, 0.5) is 0 Å². The van der Waals surface area contributed by atoms with Crippen molar-refractivity contribution in [1.82, 2.24) is 14.5 Å². The summed E-state index contributed by atoms with van der Waals surface area (Å²) in [5.74, 6) is 0.977. The lowest BCUT2D eigenvalue weighted by molar-refractivity contribution is 0.0734. The van der Waals surface area contributed by atoms with Gasteiger partial charge in [0.25, 0.3) is 5.91 Å². The molecule has 5 heteroatoms. The summed E-state index contributed by atoms with van der Waals surface area (Å²) in [6.07, 6.45) is 2.65. The second kappa shape index (κ2) is 4.96. The van der Waals surface area contributed by atoms with Crippen molar-refractivity contribution in [2.75, 3.05) is 7.05 Å². The molecule has 1 amide bonds. The first-order valence-electron chi connectivity index (χ1n) is 8.30. The Hall–Kier alpha value is -2.59. The molecule has 0 spiro atoms. The van der Waals surface area contributed by atoms with E-state index in [2.05, 4.69) is 11.1 Å². The van der Waals surface area contributed by atoms with Crippen LogP contribution in [0.25, 0.3) is 17.1 Å². The Kier molecular flexibility index (Phi) is 2.92. The molecule has 124 valence electrons. The van der Waals surface area contributed by atoms with Gasteiger partial charge in [-0.25, -0.2) is 4.98 Å². The summed E-state index contributed by atoms with van der Waals surface area (Å²) in [5.41, 5.74) is 4.72.